The van der Waals surface area contributed by atoms with Gasteiger partial charge in [0.05, 0.1) is 24.0 Å². The van der Waals surface area contributed by atoms with Crippen molar-refractivity contribution in [2.75, 3.05) is 0 Å². The summed E-state index contributed by atoms with van der Waals surface area (Å²) >= 11 is 0. The zero-order valence-corrected chi connectivity index (χ0v) is 14.2. The van der Waals surface area contributed by atoms with Gasteiger partial charge in [-0.2, -0.15) is 5.10 Å². The summed E-state index contributed by atoms with van der Waals surface area (Å²) in [5.41, 5.74) is 4.07. The Hall–Kier alpha value is -3.29. The Balaban J connectivity index is 1.81. The Morgan fingerprint density at radius 1 is 1.16 bits per heavy atom. The van der Waals surface area contributed by atoms with Crippen LogP contribution in [-0.4, -0.2) is 34.1 Å². The van der Waals surface area contributed by atoms with Crippen molar-refractivity contribution in [3.8, 4) is 11.4 Å². The molecule has 25 heavy (non-hydrogen) atoms. The minimum atomic E-state index is -0.159. The molecule has 0 amide bonds. The molecule has 4 rings (SSSR count). The van der Waals surface area contributed by atoms with Crippen molar-refractivity contribution in [1.29, 1.82) is 0 Å². The molecule has 4 aromatic heterocycles. The number of aromatic amines is 1. The molecule has 0 bridgehead atoms. The zero-order chi connectivity index (χ0) is 17.6. The van der Waals surface area contributed by atoms with Crippen LogP contribution in [-0.2, 0) is 6.54 Å². The largest absolute Gasteiger partial charge is 0.325 e. The standard InChI is InChI=1S/C17H17N7O/c1-10-6-11(2)24-17(20-10)14(8-19-24)16-18-4-5-23(16)9-13-7-15(25)22-12(3)21-13/h4-8H,9H2,1-3H3,(H,21,22,25). The third kappa shape index (κ3) is 2.71. The molecule has 0 aliphatic rings. The summed E-state index contributed by atoms with van der Waals surface area (Å²) in [6, 6.07) is 3.48. The van der Waals surface area contributed by atoms with Gasteiger partial charge in [0.1, 0.15) is 11.6 Å². The average molecular weight is 335 g/mol. The van der Waals surface area contributed by atoms with Crippen LogP contribution < -0.4 is 5.56 Å². The Morgan fingerprint density at radius 2 is 2.00 bits per heavy atom. The Morgan fingerprint density at radius 3 is 2.80 bits per heavy atom. The maximum Gasteiger partial charge on any atom is 0.251 e. The first-order chi connectivity index (χ1) is 12.0. The predicted molar refractivity (Wildman–Crippen MR) is 92.4 cm³/mol. The first-order valence-electron chi connectivity index (χ1n) is 7.91. The molecule has 0 atom stereocenters. The summed E-state index contributed by atoms with van der Waals surface area (Å²) in [5.74, 6) is 1.33. The van der Waals surface area contributed by atoms with Gasteiger partial charge in [0.2, 0.25) is 0 Å². The number of hydrogen-bond donors (Lipinski definition) is 1. The van der Waals surface area contributed by atoms with Crippen molar-refractivity contribution in [2.45, 2.75) is 27.3 Å². The maximum atomic E-state index is 11.7. The van der Waals surface area contributed by atoms with E-state index in [-0.39, 0.29) is 5.56 Å². The molecule has 0 spiro atoms. The van der Waals surface area contributed by atoms with E-state index in [0.717, 1.165) is 28.4 Å². The second-order valence-corrected chi connectivity index (χ2v) is 6.03. The van der Waals surface area contributed by atoms with E-state index < -0.39 is 0 Å². The van der Waals surface area contributed by atoms with E-state index in [0.29, 0.717) is 18.1 Å². The van der Waals surface area contributed by atoms with Crippen molar-refractivity contribution in [1.82, 2.24) is 34.1 Å². The normalized spacial score (nSPS) is 11.3. The van der Waals surface area contributed by atoms with E-state index in [9.17, 15) is 4.79 Å². The molecular weight excluding hydrogens is 318 g/mol. The zero-order valence-electron chi connectivity index (χ0n) is 14.2. The van der Waals surface area contributed by atoms with Crippen molar-refractivity contribution >= 4 is 5.65 Å². The SMILES string of the molecule is Cc1cc(C)n2ncc(-c3nccn3Cc3cc(=O)[nH]c(C)n3)c2n1. The van der Waals surface area contributed by atoms with E-state index in [1.165, 1.54) is 6.07 Å². The van der Waals surface area contributed by atoms with Crippen molar-refractivity contribution in [3.63, 3.8) is 0 Å². The summed E-state index contributed by atoms with van der Waals surface area (Å²) in [5, 5.41) is 4.42. The van der Waals surface area contributed by atoms with Crippen LogP contribution in [0.1, 0.15) is 22.9 Å². The highest BCUT2D eigenvalue weighted by Crippen LogP contribution is 2.23. The van der Waals surface area contributed by atoms with Gasteiger partial charge in [-0.3, -0.25) is 4.79 Å². The lowest BCUT2D eigenvalue weighted by molar-refractivity contribution is 0.767. The molecule has 0 aliphatic heterocycles. The van der Waals surface area contributed by atoms with Gasteiger partial charge in [-0.25, -0.2) is 19.5 Å². The highest BCUT2D eigenvalue weighted by atomic mass is 16.1. The summed E-state index contributed by atoms with van der Waals surface area (Å²) in [7, 11) is 0. The number of nitrogens with zero attached hydrogens (tertiary/aromatic N) is 6. The minimum absolute atomic E-state index is 0.159. The molecule has 4 aromatic rings. The fourth-order valence-corrected chi connectivity index (χ4v) is 3.01. The van der Waals surface area contributed by atoms with Gasteiger partial charge in [-0.1, -0.05) is 0 Å². The molecule has 0 saturated heterocycles. The van der Waals surface area contributed by atoms with Gasteiger partial charge in [0, 0.05) is 29.8 Å². The van der Waals surface area contributed by atoms with Crippen molar-refractivity contribution in [2.24, 2.45) is 0 Å². The average Bonchev–Trinajstić information content (AvgIpc) is 3.12. The number of H-pyrrole nitrogens is 1. The summed E-state index contributed by atoms with van der Waals surface area (Å²) in [6.07, 6.45) is 5.35. The first kappa shape index (κ1) is 15.3. The minimum Gasteiger partial charge on any atom is -0.325 e. The molecule has 0 saturated carbocycles. The van der Waals surface area contributed by atoms with Crippen molar-refractivity contribution in [3.05, 3.63) is 64.0 Å². The molecule has 0 aliphatic carbocycles. The lowest BCUT2D eigenvalue weighted by Gasteiger charge is -2.07. The van der Waals surface area contributed by atoms with Crippen LogP contribution in [0.3, 0.4) is 0 Å². The van der Waals surface area contributed by atoms with Crippen LogP contribution in [0.5, 0.6) is 0 Å². The fraction of sp³-hybridized carbons (Fsp3) is 0.235. The van der Waals surface area contributed by atoms with E-state index in [1.54, 1.807) is 23.8 Å². The molecule has 8 heteroatoms. The first-order valence-corrected chi connectivity index (χ1v) is 7.91. The van der Waals surface area contributed by atoms with Crippen LogP contribution >= 0.6 is 0 Å². The molecule has 0 unspecified atom stereocenters. The molecule has 1 N–H and O–H groups in total. The second kappa shape index (κ2) is 5.66. The van der Waals surface area contributed by atoms with E-state index in [1.807, 2.05) is 30.7 Å². The van der Waals surface area contributed by atoms with Crippen molar-refractivity contribution < 1.29 is 0 Å². The Labute approximate surface area is 143 Å². The van der Waals surface area contributed by atoms with Gasteiger partial charge in [-0.15, -0.1) is 0 Å². The predicted octanol–water partition coefficient (Wildman–Crippen LogP) is 1.65. The van der Waals surface area contributed by atoms with E-state index >= 15 is 0 Å². The van der Waals surface area contributed by atoms with Crippen LogP contribution in [0.15, 0.2) is 35.5 Å². The monoisotopic (exact) mass is 335 g/mol. The Kier molecular flexibility index (Phi) is 3.45. The van der Waals surface area contributed by atoms with Crippen LogP contribution in [0.4, 0.5) is 0 Å². The van der Waals surface area contributed by atoms with Gasteiger partial charge >= 0.3 is 0 Å². The van der Waals surface area contributed by atoms with Gasteiger partial charge in [0.15, 0.2) is 5.65 Å². The van der Waals surface area contributed by atoms with E-state index in [4.69, 9.17) is 0 Å². The molecule has 4 heterocycles. The van der Waals surface area contributed by atoms with Crippen LogP contribution in [0.25, 0.3) is 17.0 Å². The second-order valence-electron chi connectivity index (χ2n) is 6.03. The maximum absolute atomic E-state index is 11.7. The van der Waals surface area contributed by atoms with Crippen LogP contribution in [0, 0.1) is 20.8 Å². The topological polar surface area (TPSA) is 93.8 Å². The summed E-state index contributed by atoms with van der Waals surface area (Å²) in [6.45, 7) is 6.16. The van der Waals surface area contributed by atoms with E-state index in [2.05, 4.69) is 25.0 Å². The number of hydrogen-bond acceptors (Lipinski definition) is 5. The number of imidazole rings is 1. The smallest absolute Gasteiger partial charge is 0.251 e. The highest BCUT2D eigenvalue weighted by Gasteiger charge is 2.15. The Bertz CT molecular complexity index is 1140. The molecule has 8 nitrogen and oxygen atoms in total. The van der Waals surface area contributed by atoms with Gasteiger partial charge in [-0.05, 0) is 26.8 Å². The molecule has 0 radical (unpaired) electrons. The number of aromatic nitrogens is 7. The highest BCUT2D eigenvalue weighted by molar-refractivity contribution is 5.72. The summed E-state index contributed by atoms with van der Waals surface area (Å²) < 4.78 is 3.74. The van der Waals surface area contributed by atoms with Crippen LogP contribution in [0.2, 0.25) is 0 Å². The fourth-order valence-electron chi connectivity index (χ4n) is 3.01. The molecule has 0 fully saturated rings. The lowest BCUT2D eigenvalue weighted by atomic mass is 10.3. The molecule has 0 aromatic carbocycles. The summed E-state index contributed by atoms with van der Waals surface area (Å²) in [4.78, 5) is 27.8. The third-order valence-electron chi connectivity index (χ3n) is 3.98. The lowest BCUT2D eigenvalue weighted by Crippen LogP contribution is -2.13. The van der Waals surface area contributed by atoms with Gasteiger partial charge < -0.3 is 9.55 Å². The number of rotatable bonds is 3. The molecular formula is C17H17N7O. The quantitative estimate of drug-likeness (QED) is 0.614. The number of nitrogens with one attached hydrogen (secondary N) is 1. The third-order valence-corrected chi connectivity index (χ3v) is 3.98. The number of aryl methyl sites for hydroxylation is 3. The number of fused-ring (bicyclic) bond motifs is 1. The van der Waals surface area contributed by atoms with Gasteiger partial charge in [0.25, 0.3) is 5.56 Å². The molecule has 126 valence electrons.